The van der Waals surface area contributed by atoms with Crippen molar-refractivity contribution >= 4 is 11.6 Å². The van der Waals surface area contributed by atoms with Crippen molar-refractivity contribution in [3.8, 4) is 11.8 Å². The van der Waals surface area contributed by atoms with Crippen LogP contribution in [0.15, 0.2) is 27.8 Å². The molecule has 0 fully saturated rings. The molecule has 0 spiro atoms. The van der Waals surface area contributed by atoms with Crippen LogP contribution in [0, 0.1) is 17.1 Å². The van der Waals surface area contributed by atoms with E-state index < -0.39 is 17.1 Å². The van der Waals surface area contributed by atoms with Crippen molar-refractivity contribution in [2.24, 2.45) is 0 Å². The molecule has 0 saturated heterocycles. The average molecular weight is 308 g/mol. The molecule has 7 heteroatoms. The van der Waals surface area contributed by atoms with Crippen LogP contribution in [0.5, 0.6) is 0 Å². The summed E-state index contributed by atoms with van der Waals surface area (Å²) in [7, 11) is 0. The van der Waals surface area contributed by atoms with E-state index in [1.807, 2.05) is 6.92 Å². The molecule has 2 aromatic rings. The van der Waals surface area contributed by atoms with Crippen molar-refractivity contribution in [1.82, 2.24) is 9.55 Å². The van der Waals surface area contributed by atoms with Crippen LogP contribution in [0.25, 0.3) is 5.69 Å². The minimum atomic E-state index is -0.770. The third-order valence-corrected chi connectivity index (χ3v) is 3.29. The predicted octanol–water partition coefficient (Wildman–Crippen LogP) is 2.14. The lowest BCUT2D eigenvalue weighted by molar-refractivity contribution is 0.626. The molecule has 0 aliphatic rings. The minimum Gasteiger partial charge on any atom is -0.297 e. The molecule has 1 aromatic carbocycles. The maximum atomic E-state index is 13.2. The third kappa shape index (κ3) is 2.73. The van der Waals surface area contributed by atoms with Gasteiger partial charge in [-0.25, -0.2) is 13.8 Å². The molecular formula is C14H11ClFN3O2. The standard InChI is InChI=1S/C14H11ClFN3O2/c1-2-3-10-12(15)18-14(21)19(13(10)20)11-5-4-9(16)6-8(11)7-17/h4-6H,2-3H2,1H3,(H,18,21). The number of nitriles is 1. The van der Waals surface area contributed by atoms with E-state index >= 15 is 0 Å². The van der Waals surface area contributed by atoms with E-state index in [1.165, 1.54) is 6.07 Å². The molecule has 0 saturated carbocycles. The Morgan fingerprint density at radius 3 is 2.76 bits per heavy atom. The van der Waals surface area contributed by atoms with Gasteiger partial charge in [-0.1, -0.05) is 24.9 Å². The highest BCUT2D eigenvalue weighted by molar-refractivity contribution is 6.30. The van der Waals surface area contributed by atoms with Gasteiger partial charge >= 0.3 is 5.69 Å². The molecule has 0 aliphatic carbocycles. The van der Waals surface area contributed by atoms with E-state index in [-0.39, 0.29) is 22.0 Å². The number of aromatic amines is 1. The number of aromatic nitrogens is 2. The second-order valence-corrected chi connectivity index (χ2v) is 4.76. The molecule has 0 atom stereocenters. The van der Waals surface area contributed by atoms with Crippen molar-refractivity contribution in [3.63, 3.8) is 0 Å². The fourth-order valence-corrected chi connectivity index (χ4v) is 2.28. The zero-order valence-electron chi connectivity index (χ0n) is 11.1. The van der Waals surface area contributed by atoms with Crippen LogP contribution >= 0.6 is 11.6 Å². The van der Waals surface area contributed by atoms with Crippen LogP contribution in [0.2, 0.25) is 5.15 Å². The molecule has 1 N–H and O–H groups in total. The Hall–Kier alpha value is -2.39. The normalized spacial score (nSPS) is 10.4. The van der Waals surface area contributed by atoms with Crippen LogP contribution in [0.4, 0.5) is 4.39 Å². The molecule has 0 bridgehead atoms. The molecule has 2 rings (SSSR count). The van der Waals surface area contributed by atoms with Gasteiger partial charge in [-0.15, -0.1) is 0 Å². The minimum absolute atomic E-state index is 0.0104. The topological polar surface area (TPSA) is 78.7 Å². The molecule has 1 aromatic heterocycles. The van der Waals surface area contributed by atoms with Crippen LogP contribution in [0.3, 0.4) is 0 Å². The summed E-state index contributed by atoms with van der Waals surface area (Å²) >= 11 is 5.88. The van der Waals surface area contributed by atoms with Crippen molar-refractivity contribution in [2.45, 2.75) is 19.8 Å². The summed E-state index contributed by atoms with van der Waals surface area (Å²) in [6.45, 7) is 1.86. The first kappa shape index (κ1) is 15.0. The second kappa shape index (κ2) is 5.94. The fourth-order valence-electron chi connectivity index (χ4n) is 2.02. The number of nitrogens with one attached hydrogen (secondary N) is 1. The Labute approximate surface area is 124 Å². The Bertz CT molecular complexity index is 849. The summed E-state index contributed by atoms with van der Waals surface area (Å²) < 4.78 is 14.0. The Morgan fingerprint density at radius 2 is 2.14 bits per heavy atom. The maximum absolute atomic E-state index is 13.2. The van der Waals surface area contributed by atoms with E-state index in [2.05, 4.69) is 4.98 Å². The Balaban J connectivity index is 2.83. The summed E-state index contributed by atoms with van der Waals surface area (Å²) in [4.78, 5) is 26.8. The number of rotatable bonds is 3. The molecule has 108 valence electrons. The van der Waals surface area contributed by atoms with Crippen LogP contribution in [-0.2, 0) is 6.42 Å². The lowest BCUT2D eigenvalue weighted by Crippen LogP contribution is -2.36. The monoisotopic (exact) mass is 307 g/mol. The van der Waals surface area contributed by atoms with Crippen LogP contribution in [-0.4, -0.2) is 9.55 Å². The van der Waals surface area contributed by atoms with Crippen molar-refractivity contribution in [2.75, 3.05) is 0 Å². The summed E-state index contributed by atoms with van der Waals surface area (Å²) in [5.74, 6) is -0.623. The second-order valence-electron chi connectivity index (χ2n) is 4.39. The van der Waals surface area contributed by atoms with Crippen LogP contribution in [0.1, 0.15) is 24.5 Å². The van der Waals surface area contributed by atoms with E-state index in [0.717, 1.165) is 16.7 Å². The lowest BCUT2D eigenvalue weighted by atomic mass is 10.1. The van der Waals surface area contributed by atoms with Gasteiger partial charge in [0.15, 0.2) is 0 Å². The van der Waals surface area contributed by atoms with E-state index in [4.69, 9.17) is 16.9 Å². The van der Waals surface area contributed by atoms with Crippen molar-refractivity contribution < 1.29 is 4.39 Å². The summed E-state index contributed by atoms with van der Waals surface area (Å²) in [6, 6.07) is 5.03. The number of halogens is 2. The van der Waals surface area contributed by atoms with Crippen molar-refractivity contribution in [1.29, 1.82) is 5.26 Å². The highest BCUT2D eigenvalue weighted by Crippen LogP contribution is 2.14. The van der Waals surface area contributed by atoms with Gasteiger partial charge in [0.1, 0.15) is 17.0 Å². The number of H-pyrrole nitrogens is 1. The van der Waals surface area contributed by atoms with E-state index in [1.54, 1.807) is 6.07 Å². The quantitative estimate of drug-likeness (QED) is 0.882. The first-order chi connectivity index (χ1) is 9.99. The van der Waals surface area contributed by atoms with Gasteiger partial charge < -0.3 is 0 Å². The van der Waals surface area contributed by atoms with E-state index in [0.29, 0.717) is 12.8 Å². The van der Waals surface area contributed by atoms with E-state index in [9.17, 15) is 14.0 Å². The van der Waals surface area contributed by atoms with Gasteiger partial charge in [0, 0.05) is 0 Å². The van der Waals surface area contributed by atoms with Crippen molar-refractivity contribution in [3.05, 3.63) is 61.1 Å². The van der Waals surface area contributed by atoms with Gasteiger partial charge in [0.2, 0.25) is 0 Å². The first-order valence-electron chi connectivity index (χ1n) is 6.23. The largest absolute Gasteiger partial charge is 0.334 e. The zero-order chi connectivity index (χ0) is 15.6. The molecule has 0 unspecified atom stereocenters. The number of nitrogens with zero attached hydrogens (tertiary/aromatic N) is 2. The molecule has 21 heavy (non-hydrogen) atoms. The third-order valence-electron chi connectivity index (χ3n) is 2.97. The summed E-state index contributed by atoms with van der Waals surface area (Å²) in [5.41, 5.74) is -1.19. The van der Waals surface area contributed by atoms with Gasteiger partial charge in [-0.2, -0.15) is 5.26 Å². The Kier molecular flexibility index (Phi) is 4.24. The summed E-state index contributed by atoms with van der Waals surface area (Å²) in [6.07, 6.45) is 1.05. The molecule has 1 heterocycles. The molecule has 5 nitrogen and oxygen atoms in total. The number of benzene rings is 1. The highest BCUT2D eigenvalue weighted by Gasteiger charge is 2.16. The predicted molar refractivity (Wildman–Crippen MR) is 76.3 cm³/mol. The fraction of sp³-hybridized carbons (Fsp3) is 0.214. The molecule has 0 amide bonds. The van der Waals surface area contributed by atoms with Gasteiger partial charge in [-0.3, -0.25) is 9.78 Å². The Morgan fingerprint density at radius 1 is 1.43 bits per heavy atom. The molecule has 0 radical (unpaired) electrons. The SMILES string of the molecule is CCCc1c(Cl)[nH]c(=O)n(-c2ccc(F)cc2C#N)c1=O. The lowest BCUT2D eigenvalue weighted by Gasteiger charge is -2.09. The zero-order valence-corrected chi connectivity index (χ0v) is 11.9. The molecular weight excluding hydrogens is 297 g/mol. The summed E-state index contributed by atoms with van der Waals surface area (Å²) in [5, 5.41) is 9.03. The number of hydrogen-bond acceptors (Lipinski definition) is 3. The maximum Gasteiger partial charge on any atom is 0.334 e. The van der Waals surface area contributed by atoms with Gasteiger partial charge in [-0.05, 0) is 24.6 Å². The van der Waals surface area contributed by atoms with Gasteiger partial charge in [0.05, 0.1) is 16.8 Å². The smallest absolute Gasteiger partial charge is 0.297 e. The van der Waals surface area contributed by atoms with Crippen LogP contribution < -0.4 is 11.2 Å². The van der Waals surface area contributed by atoms with Gasteiger partial charge in [0.25, 0.3) is 5.56 Å². The molecule has 0 aliphatic heterocycles. The first-order valence-corrected chi connectivity index (χ1v) is 6.61. The number of hydrogen-bond donors (Lipinski definition) is 1. The average Bonchev–Trinajstić information content (AvgIpc) is 2.44. The highest BCUT2D eigenvalue weighted by atomic mass is 35.5.